The van der Waals surface area contributed by atoms with Crippen molar-refractivity contribution in [2.24, 2.45) is 10.9 Å². The molecule has 0 saturated carbocycles. The van der Waals surface area contributed by atoms with E-state index >= 15 is 0 Å². The summed E-state index contributed by atoms with van der Waals surface area (Å²) in [5.41, 5.74) is 1.18. The molecule has 1 heterocycles. The molecule has 2 rings (SSSR count). The van der Waals surface area contributed by atoms with Crippen molar-refractivity contribution in [1.29, 1.82) is 0 Å². The molecule has 5 nitrogen and oxygen atoms in total. The van der Waals surface area contributed by atoms with Gasteiger partial charge in [-0.1, -0.05) is 37.6 Å². The van der Waals surface area contributed by atoms with Gasteiger partial charge in [-0.25, -0.2) is 0 Å². The van der Waals surface area contributed by atoms with Crippen molar-refractivity contribution in [3.8, 4) is 0 Å². The van der Waals surface area contributed by atoms with Crippen molar-refractivity contribution in [1.82, 2.24) is 15.5 Å². The van der Waals surface area contributed by atoms with Crippen LogP contribution in [0.5, 0.6) is 0 Å². The van der Waals surface area contributed by atoms with Gasteiger partial charge in [-0.2, -0.15) is 11.8 Å². The Kier molecular flexibility index (Phi) is 11.6. The molecule has 1 aliphatic rings. The maximum Gasteiger partial charge on any atom is 0.225 e. The third kappa shape index (κ3) is 7.63. The number of amides is 1. The quantitative estimate of drug-likeness (QED) is 0.311. The van der Waals surface area contributed by atoms with Crippen LogP contribution in [-0.4, -0.2) is 55.2 Å². The highest BCUT2D eigenvalue weighted by Crippen LogP contribution is 2.28. The minimum Gasteiger partial charge on any atom is -0.357 e. The molecule has 0 radical (unpaired) electrons. The smallest absolute Gasteiger partial charge is 0.225 e. The molecule has 2 N–H and O–H groups in total. The number of likely N-dealkylation sites (tertiary alicyclic amines) is 1. The Labute approximate surface area is 195 Å². The number of thioether (sulfide) groups is 1. The molecular weight excluding hydrogens is 507 g/mol. The van der Waals surface area contributed by atoms with Crippen LogP contribution in [0.2, 0.25) is 5.02 Å². The Hall–Kier alpha value is -0.670. The lowest BCUT2D eigenvalue weighted by Gasteiger charge is -2.21. The van der Waals surface area contributed by atoms with Gasteiger partial charge >= 0.3 is 0 Å². The van der Waals surface area contributed by atoms with Gasteiger partial charge < -0.3 is 15.5 Å². The van der Waals surface area contributed by atoms with Crippen LogP contribution in [-0.2, 0) is 4.79 Å². The van der Waals surface area contributed by atoms with Crippen LogP contribution in [0.3, 0.4) is 0 Å². The van der Waals surface area contributed by atoms with Crippen LogP contribution < -0.4 is 10.6 Å². The normalized spacial score (nSPS) is 18.0. The van der Waals surface area contributed by atoms with E-state index in [1.54, 1.807) is 11.8 Å². The van der Waals surface area contributed by atoms with Crippen LogP contribution in [0, 0.1) is 5.92 Å². The van der Waals surface area contributed by atoms with Gasteiger partial charge in [0.1, 0.15) is 0 Å². The highest BCUT2D eigenvalue weighted by Gasteiger charge is 2.28. The summed E-state index contributed by atoms with van der Waals surface area (Å²) >= 11 is 7.90. The second-order valence-electron chi connectivity index (χ2n) is 7.07. The molecular formula is C20H32ClIN4OS. The predicted molar refractivity (Wildman–Crippen MR) is 132 cm³/mol. The maximum atomic E-state index is 12.2. The topological polar surface area (TPSA) is 56.7 Å². The largest absolute Gasteiger partial charge is 0.357 e. The molecule has 0 aromatic heterocycles. The summed E-state index contributed by atoms with van der Waals surface area (Å²) in [4.78, 5) is 18.9. The van der Waals surface area contributed by atoms with Crippen molar-refractivity contribution in [2.45, 2.75) is 38.5 Å². The number of aliphatic imine (C=N–C) groups is 1. The van der Waals surface area contributed by atoms with E-state index in [-0.39, 0.29) is 47.1 Å². The molecule has 1 saturated heterocycles. The average Bonchev–Trinajstić information content (AvgIpc) is 3.10. The van der Waals surface area contributed by atoms with E-state index in [1.165, 1.54) is 5.56 Å². The van der Waals surface area contributed by atoms with E-state index in [1.807, 2.05) is 36.9 Å². The van der Waals surface area contributed by atoms with Crippen LogP contribution in [0.4, 0.5) is 0 Å². The lowest BCUT2D eigenvalue weighted by atomic mass is 10.1. The fourth-order valence-corrected chi connectivity index (χ4v) is 3.99. The van der Waals surface area contributed by atoms with Gasteiger partial charge in [0.05, 0.1) is 6.54 Å². The molecule has 8 heteroatoms. The van der Waals surface area contributed by atoms with E-state index in [2.05, 4.69) is 29.9 Å². The fraction of sp³-hybridized carbons (Fsp3) is 0.600. The minimum atomic E-state index is 0. The predicted octanol–water partition coefficient (Wildman–Crippen LogP) is 4.17. The summed E-state index contributed by atoms with van der Waals surface area (Å²) < 4.78 is 0. The number of halogens is 2. The highest BCUT2D eigenvalue weighted by atomic mass is 127. The highest BCUT2D eigenvalue weighted by molar-refractivity contribution is 14.0. The standard InChI is InChI=1S/C20H31ClN4OS.HI/c1-5-22-20(24-17-9-10-25(13-17)19(26)14(2)3)23-12-18(27-4)15-7-6-8-16(21)11-15;/h6-8,11,14,17-18H,5,9-10,12-13H2,1-4H3,(H2,22,23,24);1H. The van der Waals surface area contributed by atoms with Crippen LogP contribution in [0.25, 0.3) is 0 Å². The molecule has 28 heavy (non-hydrogen) atoms. The molecule has 0 spiro atoms. The number of nitrogens with zero attached hydrogens (tertiary/aromatic N) is 2. The zero-order valence-electron chi connectivity index (χ0n) is 17.1. The Morgan fingerprint density at radius 3 is 2.79 bits per heavy atom. The molecule has 158 valence electrons. The molecule has 2 atom stereocenters. The lowest BCUT2D eigenvalue weighted by Crippen LogP contribution is -2.45. The maximum absolute atomic E-state index is 12.2. The van der Waals surface area contributed by atoms with Crippen LogP contribution in [0.1, 0.15) is 38.0 Å². The van der Waals surface area contributed by atoms with E-state index in [0.717, 1.165) is 37.0 Å². The second kappa shape index (κ2) is 12.8. The molecule has 2 unspecified atom stereocenters. The van der Waals surface area contributed by atoms with Gasteiger partial charge in [0.15, 0.2) is 5.96 Å². The van der Waals surface area contributed by atoms with Crippen molar-refractivity contribution in [3.05, 3.63) is 34.9 Å². The molecule has 1 aromatic rings. The number of carbonyl (C=O) groups excluding carboxylic acids is 1. The van der Waals surface area contributed by atoms with Gasteiger partial charge in [-0.05, 0) is 37.3 Å². The first-order chi connectivity index (χ1) is 12.9. The summed E-state index contributed by atoms with van der Waals surface area (Å²) in [7, 11) is 0. The zero-order valence-corrected chi connectivity index (χ0v) is 21.0. The molecule has 1 aromatic carbocycles. The van der Waals surface area contributed by atoms with Crippen molar-refractivity contribution in [3.63, 3.8) is 0 Å². The average molecular weight is 539 g/mol. The minimum absolute atomic E-state index is 0. The van der Waals surface area contributed by atoms with Gasteiger partial charge in [0.25, 0.3) is 0 Å². The Morgan fingerprint density at radius 2 is 2.18 bits per heavy atom. The fourth-order valence-electron chi connectivity index (χ4n) is 3.15. The number of guanidine groups is 1. The van der Waals surface area contributed by atoms with Gasteiger partial charge in [-0.15, -0.1) is 24.0 Å². The molecule has 0 bridgehead atoms. The Balaban J connectivity index is 0.00000392. The van der Waals surface area contributed by atoms with Gasteiger partial charge in [0, 0.05) is 41.9 Å². The summed E-state index contributed by atoms with van der Waals surface area (Å²) in [5, 5.41) is 7.81. The third-order valence-corrected chi connectivity index (χ3v) is 5.82. The second-order valence-corrected chi connectivity index (χ2v) is 8.54. The van der Waals surface area contributed by atoms with Crippen molar-refractivity contribution < 1.29 is 4.79 Å². The summed E-state index contributed by atoms with van der Waals surface area (Å²) in [6, 6.07) is 8.21. The van der Waals surface area contributed by atoms with Gasteiger partial charge in [-0.3, -0.25) is 9.79 Å². The monoisotopic (exact) mass is 538 g/mol. The van der Waals surface area contributed by atoms with Crippen LogP contribution >= 0.6 is 47.3 Å². The number of benzene rings is 1. The summed E-state index contributed by atoms with van der Waals surface area (Å²) in [6.45, 7) is 8.97. The third-order valence-electron chi connectivity index (χ3n) is 4.60. The number of nitrogens with one attached hydrogen (secondary N) is 2. The first kappa shape index (κ1) is 25.4. The molecule has 1 fully saturated rings. The first-order valence-corrected chi connectivity index (χ1v) is 11.2. The number of rotatable bonds is 7. The van der Waals surface area contributed by atoms with Crippen molar-refractivity contribution in [2.75, 3.05) is 32.4 Å². The van der Waals surface area contributed by atoms with E-state index in [4.69, 9.17) is 16.6 Å². The van der Waals surface area contributed by atoms with Gasteiger partial charge in [0.2, 0.25) is 5.91 Å². The van der Waals surface area contributed by atoms with E-state index in [0.29, 0.717) is 6.54 Å². The Bertz CT molecular complexity index is 659. The molecule has 0 aliphatic carbocycles. The van der Waals surface area contributed by atoms with E-state index in [9.17, 15) is 4.79 Å². The van der Waals surface area contributed by atoms with E-state index < -0.39 is 0 Å². The number of hydrogen-bond acceptors (Lipinski definition) is 3. The number of carbonyl (C=O) groups is 1. The zero-order chi connectivity index (χ0) is 19.8. The summed E-state index contributed by atoms with van der Waals surface area (Å²) in [5.74, 6) is 1.08. The first-order valence-electron chi connectivity index (χ1n) is 9.56. The van der Waals surface area contributed by atoms with Crippen LogP contribution in [0.15, 0.2) is 29.3 Å². The lowest BCUT2D eigenvalue weighted by molar-refractivity contribution is -0.133. The van der Waals surface area contributed by atoms with Crippen molar-refractivity contribution >= 4 is 59.2 Å². The molecule has 1 aliphatic heterocycles. The number of hydrogen-bond donors (Lipinski definition) is 2. The molecule has 1 amide bonds. The SMILES string of the molecule is CCNC(=NCC(SC)c1cccc(Cl)c1)NC1CCN(C(=O)C(C)C)C1.I. The Morgan fingerprint density at radius 1 is 1.43 bits per heavy atom. The summed E-state index contributed by atoms with van der Waals surface area (Å²) in [6.07, 6.45) is 3.04.